The Balaban J connectivity index is 2.04. The number of rotatable bonds is 5. The molecule has 0 aromatic heterocycles. The summed E-state index contributed by atoms with van der Waals surface area (Å²) in [5.74, 6) is -1.85. The standard InChI is InChI=1S/C19H18F5NO4S2/c20-13-6-7-17(21)16(12-13)18(30(26,27)15-4-2-1-3-5-15)10-8-14(9-11-18)25-31(28,29)19(22,23)24/h1-7,12,14,25H,8-11H2/t14-,18+. The van der Waals surface area contributed by atoms with Gasteiger partial charge in [-0.15, -0.1) is 0 Å². The fourth-order valence-electron chi connectivity index (χ4n) is 3.84. The Labute approximate surface area is 176 Å². The van der Waals surface area contributed by atoms with Crippen LogP contribution in [0.4, 0.5) is 22.0 Å². The van der Waals surface area contributed by atoms with E-state index in [-0.39, 0.29) is 17.7 Å². The first kappa shape index (κ1) is 23.6. The quantitative estimate of drug-likeness (QED) is 0.652. The Kier molecular flexibility index (Phi) is 6.20. The summed E-state index contributed by atoms with van der Waals surface area (Å²) >= 11 is 0. The number of hydrogen-bond acceptors (Lipinski definition) is 4. The fourth-order valence-corrected chi connectivity index (χ4v) is 6.84. The van der Waals surface area contributed by atoms with Crippen LogP contribution in [0.1, 0.15) is 31.2 Å². The van der Waals surface area contributed by atoms with Crippen molar-refractivity contribution in [3.63, 3.8) is 0 Å². The molecule has 1 saturated carbocycles. The van der Waals surface area contributed by atoms with E-state index in [2.05, 4.69) is 0 Å². The van der Waals surface area contributed by atoms with Crippen LogP contribution in [0, 0.1) is 11.6 Å². The van der Waals surface area contributed by atoms with E-state index in [1.165, 1.54) is 29.0 Å². The van der Waals surface area contributed by atoms with E-state index in [1.54, 1.807) is 6.07 Å². The molecule has 0 saturated heterocycles. The van der Waals surface area contributed by atoms with E-state index >= 15 is 0 Å². The molecular formula is C19H18F5NO4S2. The van der Waals surface area contributed by atoms with Gasteiger partial charge >= 0.3 is 15.5 Å². The SMILES string of the molecule is O=S(=O)(N[C@H]1CC[C@@](c2cc(F)ccc2F)(S(=O)(=O)c2ccccc2)CC1)C(F)(F)F. The normalized spacial score (nSPS) is 22.9. The van der Waals surface area contributed by atoms with E-state index in [0.717, 1.165) is 18.2 Å². The van der Waals surface area contributed by atoms with E-state index in [1.807, 2.05) is 0 Å². The molecule has 0 radical (unpaired) electrons. The molecule has 12 heteroatoms. The Morgan fingerprint density at radius 2 is 1.48 bits per heavy atom. The van der Waals surface area contributed by atoms with Gasteiger partial charge in [-0.25, -0.2) is 30.3 Å². The predicted octanol–water partition coefficient (Wildman–Crippen LogP) is 4.02. The molecule has 0 unspecified atom stereocenters. The van der Waals surface area contributed by atoms with Crippen molar-refractivity contribution in [2.45, 2.75) is 46.9 Å². The molecule has 2 aromatic carbocycles. The first-order chi connectivity index (χ1) is 14.3. The lowest BCUT2D eigenvalue weighted by Gasteiger charge is -2.40. The van der Waals surface area contributed by atoms with Crippen molar-refractivity contribution in [3.8, 4) is 0 Å². The molecular weight excluding hydrogens is 465 g/mol. The van der Waals surface area contributed by atoms with Crippen LogP contribution in [-0.2, 0) is 24.6 Å². The van der Waals surface area contributed by atoms with Crippen LogP contribution in [0.25, 0.3) is 0 Å². The molecule has 5 nitrogen and oxygen atoms in total. The van der Waals surface area contributed by atoms with Crippen molar-refractivity contribution < 1.29 is 38.8 Å². The molecule has 0 atom stereocenters. The third kappa shape index (κ3) is 4.33. The molecule has 3 rings (SSSR count). The van der Waals surface area contributed by atoms with Gasteiger partial charge in [0.05, 0.1) is 4.90 Å². The second kappa shape index (κ2) is 8.14. The lowest BCUT2D eigenvalue weighted by molar-refractivity contribution is -0.0452. The lowest BCUT2D eigenvalue weighted by atomic mass is 9.80. The molecule has 1 aliphatic rings. The van der Waals surface area contributed by atoms with Crippen LogP contribution >= 0.6 is 0 Å². The maximum Gasteiger partial charge on any atom is 0.511 e. The van der Waals surface area contributed by atoms with Crippen molar-refractivity contribution in [1.82, 2.24) is 4.72 Å². The number of halogens is 5. The highest BCUT2D eigenvalue weighted by Gasteiger charge is 2.52. The third-order valence-electron chi connectivity index (χ3n) is 5.41. The van der Waals surface area contributed by atoms with Gasteiger partial charge in [0, 0.05) is 11.6 Å². The van der Waals surface area contributed by atoms with Gasteiger partial charge in [0.2, 0.25) is 0 Å². The molecule has 0 aliphatic heterocycles. The molecule has 0 bridgehead atoms. The smallest absolute Gasteiger partial charge is 0.223 e. The van der Waals surface area contributed by atoms with Crippen LogP contribution in [-0.4, -0.2) is 28.4 Å². The minimum Gasteiger partial charge on any atom is -0.223 e. The second-order valence-corrected chi connectivity index (χ2v) is 11.2. The van der Waals surface area contributed by atoms with Crippen molar-refractivity contribution in [1.29, 1.82) is 0 Å². The molecule has 31 heavy (non-hydrogen) atoms. The molecule has 1 aliphatic carbocycles. The predicted molar refractivity (Wildman–Crippen MR) is 102 cm³/mol. The van der Waals surface area contributed by atoms with Gasteiger partial charge in [0.25, 0.3) is 0 Å². The minimum absolute atomic E-state index is 0.159. The Bertz CT molecular complexity index is 1160. The number of alkyl halides is 3. The van der Waals surface area contributed by atoms with Gasteiger partial charge in [-0.3, -0.25) is 0 Å². The Hall–Kier alpha value is -2.05. The minimum atomic E-state index is -5.64. The van der Waals surface area contributed by atoms with Crippen LogP contribution in [0.3, 0.4) is 0 Å². The second-order valence-electron chi connectivity index (χ2n) is 7.28. The summed E-state index contributed by atoms with van der Waals surface area (Å²) in [6.45, 7) is 0. The highest BCUT2D eigenvalue weighted by Crippen LogP contribution is 2.48. The highest BCUT2D eigenvalue weighted by molar-refractivity contribution is 7.92. The van der Waals surface area contributed by atoms with Crippen LogP contribution in [0.2, 0.25) is 0 Å². The summed E-state index contributed by atoms with van der Waals surface area (Å²) in [6.07, 6.45) is -1.46. The van der Waals surface area contributed by atoms with Gasteiger partial charge in [-0.2, -0.15) is 13.2 Å². The summed E-state index contributed by atoms with van der Waals surface area (Å²) in [5.41, 5.74) is -5.96. The first-order valence-electron chi connectivity index (χ1n) is 9.14. The van der Waals surface area contributed by atoms with E-state index in [0.29, 0.717) is 0 Å². The monoisotopic (exact) mass is 483 g/mol. The zero-order valence-corrected chi connectivity index (χ0v) is 17.5. The average Bonchev–Trinajstić information content (AvgIpc) is 2.70. The maximum absolute atomic E-state index is 14.7. The average molecular weight is 483 g/mol. The van der Waals surface area contributed by atoms with Crippen LogP contribution < -0.4 is 4.72 Å². The summed E-state index contributed by atoms with van der Waals surface area (Å²) in [5, 5.41) is 0. The topological polar surface area (TPSA) is 80.3 Å². The molecule has 170 valence electrons. The van der Waals surface area contributed by atoms with Gasteiger partial charge in [0.15, 0.2) is 9.84 Å². The number of sulfonamides is 1. The molecule has 1 fully saturated rings. The Morgan fingerprint density at radius 3 is 2.03 bits per heavy atom. The summed E-state index contributed by atoms with van der Waals surface area (Å²) in [6, 6.07) is 8.20. The van der Waals surface area contributed by atoms with E-state index in [4.69, 9.17) is 0 Å². The van der Waals surface area contributed by atoms with Crippen molar-refractivity contribution >= 4 is 19.9 Å². The van der Waals surface area contributed by atoms with E-state index < -0.39 is 66.2 Å². The molecule has 0 amide bonds. The third-order valence-corrected chi connectivity index (χ3v) is 9.21. The Morgan fingerprint density at radius 1 is 0.903 bits per heavy atom. The molecule has 2 aromatic rings. The lowest BCUT2D eigenvalue weighted by Crippen LogP contribution is -2.48. The number of nitrogens with one attached hydrogen (secondary N) is 1. The zero-order chi connectivity index (χ0) is 23.1. The zero-order valence-electron chi connectivity index (χ0n) is 15.9. The molecule has 0 spiro atoms. The largest absolute Gasteiger partial charge is 0.511 e. The number of hydrogen-bond donors (Lipinski definition) is 1. The summed E-state index contributed by atoms with van der Waals surface area (Å²) in [4.78, 5) is -0.159. The van der Waals surface area contributed by atoms with Crippen molar-refractivity contribution in [2.24, 2.45) is 0 Å². The first-order valence-corrected chi connectivity index (χ1v) is 12.1. The van der Waals surface area contributed by atoms with Gasteiger partial charge < -0.3 is 0 Å². The van der Waals surface area contributed by atoms with Gasteiger partial charge in [-0.05, 0) is 56.0 Å². The maximum atomic E-state index is 14.7. The van der Waals surface area contributed by atoms with Crippen molar-refractivity contribution in [3.05, 3.63) is 65.7 Å². The summed E-state index contributed by atoms with van der Waals surface area (Å²) < 4.78 is 116. The van der Waals surface area contributed by atoms with Gasteiger partial charge in [0.1, 0.15) is 16.4 Å². The van der Waals surface area contributed by atoms with Gasteiger partial charge in [-0.1, -0.05) is 18.2 Å². The van der Waals surface area contributed by atoms with Crippen LogP contribution in [0.15, 0.2) is 53.4 Å². The van der Waals surface area contributed by atoms with Crippen LogP contribution in [0.5, 0.6) is 0 Å². The molecule has 1 N–H and O–H groups in total. The molecule has 0 heterocycles. The fraction of sp³-hybridized carbons (Fsp3) is 0.368. The number of benzene rings is 2. The van der Waals surface area contributed by atoms with E-state index in [9.17, 15) is 38.8 Å². The number of sulfone groups is 1. The highest BCUT2D eigenvalue weighted by atomic mass is 32.2. The van der Waals surface area contributed by atoms with Crippen molar-refractivity contribution in [2.75, 3.05) is 0 Å². The summed E-state index contributed by atoms with van der Waals surface area (Å²) in [7, 11) is -9.95.